The van der Waals surface area contributed by atoms with Gasteiger partial charge in [-0.2, -0.15) is 11.3 Å². The van der Waals surface area contributed by atoms with Crippen LogP contribution < -0.4 is 0 Å². The van der Waals surface area contributed by atoms with Crippen LogP contribution in [-0.4, -0.2) is 34.6 Å². The number of amides is 1. The zero-order chi connectivity index (χ0) is 10.9. The van der Waals surface area contributed by atoms with E-state index >= 15 is 0 Å². The number of aliphatic hydroxyl groups is 1. The lowest BCUT2D eigenvalue weighted by atomic mass is 9.95. The summed E-state index contributed by atoms with van der Waals surface area (Å²) in [6.07, 6.45) is 1.66. The number of β-amino-alcohol motifs (C(OH)–C–C–N with tert-alkyl or cyclic N) is 1. The smallest absolute Gasteiger partial charge is 0.254 e. The van der Waals surface area contributed by atoms with Crippen LogP contribution in [0.5, 0.6) is 0 Å². The number of hydrogen-bond donors (Lipinski definition) is 1. The minimum absolute atomic E-state index is 0.0382. The summed E-state index contributed by atoms with van der Waals surface area (Å²) in [4.78, 5) is 13.7. The number of rotatable bonds is 1. The van der Waals surface area contributed by atoms with Gasteiger partial charge in [0.2, 0.25) is 0 Å². The molecule has 3 nitrogen and oxygen atoms in total. The van der Waals surface area contributed by atoms with Crippen molar-refractivity contribution in [3.8, 4) is 0 Å². The molecule has 1 aromatic heterocycles. The lowest BCUT2D eigenvalue weighted by Gasteiger charge is -2.36. The first-order valence-corrected chi connectivity index (χ1v) is 6.07. The molecule has 1 N–H and O–H groups in total. The van der Waals surface area contributed by atoms with Crippen molar-refractivity contribution >= 4 is 17.2 Å². The van der Waals surface area contributed by atoms with Gasteiger partial charge in [0.1, 0.15) is 0 Å². The van der Waals surface area contributed by atoms with Crippen LogP contribution in [-0.2, 0) is 0 Å². The molecule has 1 fully saturated rings. The minimum atomic E-state index is -0.718. The van der Waals surface area contributed by atoms with Gasteiger partial charge < -0.3 is 10.0 Å². The average molecular weight is 225 g/mol. The van der Waals surface area contributed by atoms with E-state index in [4.69, 9.17) is 0 Å². The molecular weight excluding hydrogens is 210 g/mol. The summed E-state index contributed by atoms with van der Waals surface area (Å²) in [6.45, 7) is 2.99. The SMILES string of the molecule is CC1(O)CCCN(C(=O)c2ccsc2)C1. The van der Waals surface area contributed by atoms with Gasteiger partial charge in [-0.3, -0.25) is 4.79 Å². The monoisotopic (exact) mass is 225 g/mol. The summed E-state index contributed by atoms with van der Waals surface area (Å²) in [6, 6.07) is 1.83. The zero-order valence-electron chi connectivity index (χ0n) is 8.77. The van der Waals surface area contributed by atoms with Crippen LogP contribution >= 0.6 is 11.3 Å². The Morgan fingerprint density at radius 1 is 1.67 bits per heavy atom. The summed E-state index contributed by atoms with van der Waals surface area (Å²) < 4.78 is 0. The van der Waals surface area contributed by atoms with E-state index in [2.05, 4.69) is 0 Å². The van der Waals surface area contributed by atoms with Gasteiger partial charge in [0, 0.05) is 18.5 Å². The fourth-order valence-corrected chi connectivity index (χ4v) is 2.59. The van der Waals surface area contributed by atoms with E-state index in [0.29, 0.717) is 6.54 Å². The topological polar surface area (TPSA) is 40.5 Å². The summed E-state index contributed by atoms with van der Waals surface area (Å²) in [5, 5.41) is 13.7. The first kappa shape index (κ1) is 10.6. The standard InChI is InChI=1S/C11H15NO2S/c1-11(14)4-2-5-12(8-11)10(13)9-3-6-15-7-9/h3,6-7,14H,2,4-5,8H2,1H3. The van der Waals surface area contributed by atoms with Crippen molar-refractivity contribution in [2.24, 2.45) is 0 Å². The summed E-state index contributed by atoms with van der Waals surface area (Å²) in [5.41, 5.74) is 0.0157. The Hall–Kier alpha value is -0.870. The highest BCUT2D eigenvalue weighted by Crippen LogP contribution is 2.22. The van der Waals surface area contributed by atoms with Crippen molar-refractivity contribution in [2.45, 2.75) is 25.4 Å². The number of hydrogen-bond acceptors (Lipinski definition) is 3. The third-order valence-electron chi connectivity index (χ3n) is 2.73. The largest absolute Gasteiger partial charge is 0.388 e. The quantitative estimate of drug-likeness (QED) is 0.790. The molecule has 0 radical (unpaired) electrons. The maximum absolute atomic E-state index is 12.0. The molecule has 2 heterocycles. The molecule has 15 heavy (non-hydrogen) atoms. The van der Waals surface area contributed by atoms with E-state index in [0.717, 1.165) is 24.9 Å². The van der Waals surface area contributed by atoms with Gasteiger partial charge >= 0.3 is 0 Å². The third kappa shape index (κ3) is 2.38. The number of carbonyl (C=O) groups excluding carboxylic acids is 1. The molecule has 1 aliphatic heterocycles. The van der Waals surface area contributed by atoms with Crippen molar-refractivity contribution in [3.63, 3.8) is 0 Å². The van der Waals surface area contributed by atoms with Crippen molar-refractivity contribution in [1.82, 2.24) is 4.90 Å². The molecule has 1 amide bonds. The molecule has 4 heteroatoms. The fourth-order valence-electron chi connectivity index (χ4n) is 1.96. The maximum atomic E-state index is 12.0. The summed E-state index contributed by atoms with van der Waals surface area (Å²) in [7, 11) is 0. The second kappa shape index (κ2) is 3.94. The Morgan fingerprint density at radius 3 is 3.07 bits per heavy atom. The molecular formula is C11H15NO2S. The van der Waals surface area contributed by atoms with Crippen LogP contribution in [0.2, 0.25) is 0 Å². The van der Waals surface area contributed by atoms with Crippen molar-refractivity contribution in [1.29, 1.82) is 0 Å². The predicted molar refractivity (Wildman–Crippen MR) is 60.1 cm³/mol. The van der Waals surface area contributed by atoms with E-state index in [1.165, 1.54) is 11.3 Å². The number of piperidine rings is 1. The average Bonchev–Trinajstić information content (AvgIpc) is 2.67. The fraction of sp³-hybridized carbons (Fsp3) is 0.545. The molecule has 1 saturated heterocycles. The third-order valence-corrected chi connectivity index (χ3v) is 3.41. The summed E-state index contributed by atoms with van der Waals surface area (Å²) in [5.74, 6) is 0.0382. The lowest BCUT2D eigenvalue weighted by molar-refractivity contribution is -0.0107. The number of carbonyl (C=O) groups is 1. The normalized spacial score (nSPS) is 26.7. The number of likely N-dealkylation sites (tertiary alicyclic amines) is 1. The molecule has 1 aromatic rings. The summed E-state index contributed by atoms with van der Waals surface area (Å²) >= 11 is 1.52. The van der Waals surface area contributed by atoms with Gasteiger partial charge in [-0.05, 0) is 31.2 Å². The van der Waals surface area contributed by atoms with Gasteiger partial charge in [0.15, 0.2) is 0 Å². The van der Waals surface area contributed by atoms with Crippen molar-refractivity contribution in [2.75, 3.05) is 13.1 Å². The van der Waals surface area contributed by atoms with Crippen LogP contribution in [0.3, 0.4) is 0 Å². The van der Waals surface area contributed by atoms with E-state index in [1.54, 1.807) is 11.8 Å². The van der Waals surface area contributed by atoms with Crippen LogP contribution in [0.4, 0.5) is 0 Å². The van der Waals surface area contributed by atoms with Gasteiger partial charge in [0.25, 0.3) is 5.91 Å². The Bertz CT molecular complexity index is 345. The Labute approximate surface area is 93.3 Å². The molecule has 2 rings (SSSR count). The molecule has 1 atom stereocenters. The van der Waals surface area contributed by atoms with Crippen LogP contribution in [0.25, 0.3) is 0 Å². The number of nitrogens with zero attached hydrogens (tertiary/aromatic N) is 1. The molecule has 0 aliphatic carbocycles. The zero-order valence-corrected chi connectivity index (χ0v) is 9.59. The van der Waals surface area contributed by atoms with E-state index in [9.17, 15) is 9.90 Å². The second-order valence-corrected chi connectivity index (χ2v) is 5.12. The predicted octanol–water partition coefficient (Wildman–Crippen LogP) is 1.74. The first-order chi connectivity index (χ1) is 7.08. The van der Waals surface area contributed by atoms with Crippen molar-refractivity contribution < 1.29 is 9.90 Å². The van der Waals surface area contributed by atoms with Gasteiger partial charge in [-0.1, -0.05) is 0 Å². The highest BCUT2D eigenvalue weighted by Gasteiger charge is 2.31. The minimum Gasteiger partial charge on any atom is -0.388 e. The highest BCUT2D eigenvalue weighted by molar-refractivity contribution is 7.08. The molecule has 0 aromatic carbocycles. The van der Waals surface area contributed by atoms with Gasteiger partial charge in [-0.15, -0.1) is 0 Å². The molecule has 1 unspecified atom stereocenters. The highest BCUT2D eigenvalue weighted by atomic mass is 32.1. The second-order valence-electron chi connectivity index (χ2n) is 4.34. The van der Waals surface area contributed by atoms with E-state index in [-0.39, 0.29) is 5.91 Å². The van der Waals surface area contributed by atoms with Crippen LogP contribution in [0.1, 0.15) is 30.1 Å². The van der Waals surface area contributed by atoms with Gasteiger partial charge in [-0.25, -0.2) is 0 Å². The first-order valence-electron chi connectivity index (χ1n) is 5.12. The van der Waals surface area contributed by atoms with Crippen LogP contribution in [0.15, 0.2) is 16.8 Å². The molecule has 0 bridgehead atoms. The van der Waals surface area contributed by atoms with E-state index in [1.807, 2.05) is 16.8 Å². The molecule has 82 valence electrons. The molecule has 0 spiro atoms. The maximum Gasteiger partial charge on any atom is 0.254 e. The van der Waals surface area contributed by atoms with Crippen LogP contribution in [0, 0.1) is 0 Å². The molecule has 0 saturated carbocycles. The Balaban J connectivity index is 2.08. The molecule has 1 aliphatic rings. The Kier molecular flexibility index (Phi) is 2.80. The lowest BCUT2D eigenvalue weighted by Crippen LogP contribution is -2.48. The van der Waals surface area contributed by atoms with Crippen molar-refractivity contribution in [3.05, 3.63) is 22.4 Å². The number of thiophene rings is 1. The van der Waals surface area contributed by atoms with E-state index < -0.39 is 5.60 Å². The Morgan fingerprint density at radius 2 is 2.47 bits per heavy atom. The van der Waals surface area contributed by atoms with Gasteiger partial charge in [0.05, 0.1) is 11.2 Å².